The number of carbonyl (C=O) groups excluding carboxylic acids is 1. The average Bonchev–Trinajstić information content (AvgIpc) is 3.10. The van der Waals surface area contributed by atoms with Gasteiger partial charge in [0.15, 0.2) is 0 Å². The van der Waals surface area contributed by atoms with E-state index in [0.717, 1.165) is 0 Å². The van der Waals surface area contributed by atoms with Crippen molar-refractivity contribution in [3.05, 3.63) is 24.2 Å². The number of aromatic carboxylic acids is 1. The largest absolute Gasteiger partial charge is 0.542 e. The zero-order valence-corrected chi connectivity index (χ0v) is 16.4. The molecule has 0 saturated heterocycles. The zero-order valence-electron chi connectivity index (χ0n) is 15.5. The third kappa shape index (κ3) is 9.81. The first kappa shape index (κ1) is 22.2. The van der Waals surface area contributed by atoms with Crippen molar-refractivity contribution in [2.24, 2.45) is 0 Å². The summed E-state index contributed by atoms with van der Waals surface area (Å²) in [5, 5.41) is 9.86. The van der Waals surface area contributed by atoms with E-state index in [2.05, 4.69) is 32.1 Å². The molecule has 1 heterocycles. The van der Waals surface area contributed by atoms with E-state index in [-0.39, 0.29) is 5.76 Å². The molecule has 0 fully saturated rings. The summed E-state index contributed by atoms with van der Waals surface area (Å²) in [6.45, 7) is 9.46. The van der Waals surface area contributed by atoms with Crippen LogP contribution in [0.25, 0.3) is 0 Å². The fourth-order valence-corrected chi connectivity index (χ4v) is 7.27. The van der Waals surface area contributed by atoms with Crippen molar-refractivity contribution in [2.45, 2.75) is 66.2 Å². The zero-order chi connectivity index (χ0) is 17.6. The molecule has 4 heteroatoms. The minimum Gasteiger partial charge on any atom is -0.542 e. The van der Waals surface area contributed by atoms with E-state index in [1.54, 1.807) is 18.5 Å². The van der Waals surface area contributed by atoms with E-state index >= 15 is 0 Å². The van der Waals surface area contributed by atoms with Crippen molar-refractivity contribution in [3.8, 4) is 0 Å². The van der Waals surface area contributed by atoms with E-state index in [4.69, 9.17) is 0 Å². The summed E-state index contributed by atoms with van der Waals surface area (Å²) in [6, 6.07) is 2.82. The third-order valence-corrected chi connectivity index (χ3v) is 9.49. The lowest BCUT2D eigenvalue weighted by Gasteiger charge is -2.26. The Bertz CT molecular complexity index is 366. The minimum absolute atomic E-state index is 0.134. The molecule has 0 spiro atoms. The Hall–Kier alpha value is -0.820. The molecule has 0 amide bonds. The molecule has 0 aliphatic rings. The van der Waals surface area contributed by atoms with Gasteiger partial charge in [0.2, 0.25) is 0 Å². The molecule has 1 rings (SSSR count). The molecule has 0 aliphatic heterocycles. The molecule has 0 atom stereocenters. The summed E-state index contributed by atoms with van der Waals surface area (Å²) in [6.07, 6.45) is 16.2. The smallest absolute Gasteiger partial charge is 0.149 e. The summed E-state index contributed by atoms with van der Waals surface area (Å²) in [5.74, 6) is -1.42. The molecule has 0 unspecified atom stereocenters. The molecule has 0 bridgehead atoms. The molecule has 0 N–H and O–H groups in total. The summed E-state index contributed by atoms with van der Waals surface area (Å²) in [7, 11) is -0.527. The van der Waals surface area contributed by atoms with Crippen LogP contribution in [-0.2, 0) is 0 Å². The van der Waals surface area contributed by atoms with Gasteiger partial charge in [-0.1, -0.05) is 40.0 Å². The van der Waals surface area contributed by atoms with Gasteiger partial charge in [0, 0.05) is 7.26 Å². The predicted molar refractivity (Wildman–Crippen MR) is 99.8 cm³/mol. The van der Waals surface area contributed by atoms with Gasteiger partial charge in [0.05, 0.1) is 30.9 Å². The van der Waals surface area contributed by atoms with Crippen LogP contribution in [0, 0.1) is 0 Å². The number of hydrogen-bond acceptors (Lipinski definition) is 3. The molecule has 0 aromatic carbocycles. The van der Waals surface area contributed by atoms with Gasteiger partial charge in [0.25, 0.3) is 0 Å². The first-order chi connectivity index (χ1) is 11.0. The van der Waals surface area contributed by atoms with Crippen molar-refractivity contribution in [2.75, 3.05) is 24.6 Å². The highest BCUT2D eigenvalue weighted by Crippen LogP contribution is 2.60. The lowest BCUT2D eigenvalue weighted by Crippen LogP contribution is -2.21. The van der Waals surface area contributed by atoms with Gasteiger partial charge >= 0.3 is 0 Å². The van der Waals surface area contributed by atoms with Crippen molar-refractivity contribution in [3.63, 3.8) is 0 Å². The van der Waals surface area contributed by atoms with E-state index in [1.165, 1.54) is 63.1 Å². The van der Waals surface area contributed by atoms with Crippen LogP contribution < -0.4 is 5.11 Å². The lowest BCUT2D eigenvalue weighted by atomic mass is 10.4. The minimum atomic E-state index is -1.28. The first-order valence-electron chi connectivity index (χ1n) is 9.15. The number of furan rings is 1. The van der Waals surface area contributed by atoms with Gasteiger partial charge in [-0.3, -0.25) is 0 Å². The van der Waals surface area contributed by atoms with Crippen LogP contribution in [0.4, 0.5) is 0 Å². The highest BCUT2D eigenvalue weighted by atomic mass is 31.2. The second-order valence-electron chi connectivity index (χ2n) is 6.15. The molecule has 3 nitrogen and oxygen atoms in total. The maximum absolute atomic E-state index is 9.86. The molecule has 23 heavy (non-hydrogen) atoms. The van der Waals surface area contributed by atoms with Crippen molar-refractivity contribution in [1.82, 2.24) is 0 Å². The van der Waals surface area contributed by atoms with Gasteiger partial charge in [0.1, 0.15) is 11.7 Å². The molecule has 0 saturated carbocycles. The Kier molecular flexibility index (Phi) is 13.1. The van der Waals surface area contributed by atoms with Crippen molar-refractivity contribution in [1.29, 1.82) is 0 Å². The number of unbranched alkanes of at least 4 members (excludes halogenated alkanes) is 3. The summed E-state index contributed by atoms with van der Waals surface area (Å²) in [5.41, 5.74) is 0. The van der Waals surface area contributed by atoms with E-state index in [9.17, 15) is 9.90 Å². The van der Waals surface area contributed by atoms with Crippen LogP contribution in [0.3, 0.4) is 0 Å². The standard InChI is InChI=1S/C14H32P.C5H4O3/c1-5-9-12-15(8-4,13-10-6-2)14-11-7-3;6-5(7)4-2-1-3-8-4/h5-14H2,1-4H3;1-3H,(H,6,7)/q+1;/p-1. The van der Waals surface area contributed by atoms with E-state index in [1.807, 2.05) is 0 Å². The van der Waals surface area contributed by atoms with Crippen LogP contribution in [0.2, 0.25) is 0 Å². The topological polar surface area (TPSA) is 53.3 Å². The molecule has 1 aromatic rings. The summed E-state index contributed by atoms with van der Waals surface area (Å²) < 4.78 is 4.43. The second-order valence-corrected chi connectivity index (χ2v) is 10.8. The third-order valence-electron chi connectivity index (χ3n) is 4.35. The molecular formula is C19H35O3P. The maximum Gasteiger partial charge on any atom is 0.149 e. The van der Waals surface area contributed by atoms with E-state index in [0.29, 0.717) is 0 Å². The molecule has 1 aromatic heterocycles. The fourth-order valence-electron chi connectivity index (χ4n) is 2.69. The number of rotatable bonds is 11. The number of hydrogen-bond donors (Lipinski definition) is 0. The van der Waals surface area contributed by atoms with Gasteiger partial charge < -0.3 is 14.3 Å². The second kappa shape index (κ2) is 13.6. The number of carbonyl (C=O) groups is 1. The molecule has 134 valence electrons. The number of carboxylic acid groups (broad SMARTS) is 1. The molecule has 0 aliphatic carbocycles. The van der Waals surface area contributed by atoms with Crippen LogP contribution in [0.15, 0.2) is 22.8 Å². The predicted octanol–water partition coefficient (Wildman–Crippen LogP) is 5.07. The highest BCUT2D eigenvalue weighted by molar-refractivity contribution is 7.75. The Labute approximate surface area is 143 Å². The van der Waals surface area contributed by atoms with Crippen molar-refractivity contribution < 1.29 is 14.3 Å². The lowest BCUT2D eigenvalue weighted by molar-refractivity contribution is -0.257. The van der Waals surface area contributed by atoms with Crippen LogP contribution in [-0.4, -0.2) is 30.6 Å². The Morgan fingerprint density at radius 2 is 1.48 bits per heavy atom. The summed E-state index contributed by atoms with van der Waals surface area (Å²) >= 11 is 0. The normalized spacial score (nSPS) is 11.0. The van der Waals surface area contributed by atoms with E-state index < -0.39 is 13.2 Å². The van der Waals surface area contributed by atoms with Crippen LogP contribution in [0.1, 0.15) is 76.8 Å². The maximum atomic E-state index is 9.86. The van der Waals surface area contributed by atoms with Gasteiger partial charge in [-0.2, -0.15) is 0 Å². The SMILES string of the molecule is CCCC[P+](CC)(CCCC)CCCC.O=C([O-])c1ccco1. The van der Waals surface area contributed by atoms with Gasteiger partial charge in [-0.15, -0.1) is 0 Å². The number of carboxylic acids is 1. The Morgan fingerprint density at radius 1 is 1.00 bits per heavy atom. The monoisotopic (exact) mass is 342 g/mol. The summed E-state index contributed by atoms with van der Waals surface area (Å²) in [4.78, 5) is 9.86. The van der Waals surface area contributed by atoms with Crippen molar-refractivity contribution >= 4 is 13.2 Å². The average molecular weight is 342 g/mol. The first-order valence-corrected chi connectivity index (χ1v) is 11.7. The van der Waals surface area contributed by atoms with Crippen LogP contribution >= 0.6 is 7.26 Å². The fraction of sp³-hybridized carbons (Fsp3) is 0.737. The Morgan fingerprint density at radius 3 is 1.70 bits per heavy atom. The highest BCUT2D eigenvalue weighted by Gasteiger charge is 2.32. The quantitative estimate of drug-likeness (QED) is 0.528. The van der Waals surface area contributed by atoms with Crippen LogP contribution in [0.5, 0.6) is 0 Å². The molecular weight excluding hydrogens is 307 g/mol. The van der Waals surface area contributed by atoms with Gasteiger partial charge in [-0.25, -0.2) is 0 Å². The van der Waals surface area contributed by atoms with Gasteiger partial charge in [-0.05, 0) is 38.3 Å². The molecule has 0 radical (unpaired) electrons. The Balaban J connectivity index is 0.000000502.